The average Bonchev–Trinajstić information content (AvgIpc) is 2.98. The summed E-state index contributed by atoms with van der Waals surface area (Å²) in [7, 11) is -3.50. The molecule has 148 valence electrons. The van der Waals surface area contributed by atoms with Crippen molar-refractivity contribution in [2.75, 3.05) is 26.2 Å². The van der Waals surface area contributed by atoms with Gasteiger partial charge in [-0.25, -0.2) is 8.42 Å². The Morgan fingerprint density at radius 2 is 1.74 bits per heavy atom. The molecule has 0 radical (unpaired) electrons. The molecule has 0 aliphatic carbocycles. The summed E-state index contributed by atoms with van der Waals surface area (Å²) in [5.74, 6) is 0. The maximum absolute atomic E-state index is 13.1. The molecule has 0 N–H and O–H groups in total. The van der Waals surface area contributed by atoms with Crippen LogP contribution in [0.3, 0.4) is 0 Å². The van der Waals surface area contributed by atoms with E-state index in [4.69, 9.17) is 11.6 Å². The van der Waals surface area contributed by atoms with Gasteiger partial charge in [0.2, 0.25) is 10.0 Å². The average molecular weight is 411 g/mol. The Kier molecular flexibility index (Phi) is 5.96. The molecular weight excluding hydrogens is 384 g/mol. The fourth-order valence-electron chi connectivity index (χ4n) is 3.50. The minimum absolute atomic E-state index is 0.359. The van der Waals surface area contributed by atoms with Gasteiger partial charge in [-0.15, -0.1) is 0 Å². The Morgan fingerprint density at radius 3 is 2.33 bits per heavy atom. The summed E-state index contributed by atoms with van der Waals surface area (Å²) >= 11 is 6.12. The van der Waals surface area contributed by atoms with Gasteiger partial charge >= 0.3 is 0 Å². The molecule has 0 bridgehead atoms. The zero-order chi connectivity index (χ0) is 19.8. The third kappa shape index (κ3) is 4.06. The van der Waals surface area contributed by atoms with E-state index in [-0.39, 0.29) is 0 Å². The molecule has 1 aromatic heterocycles. The standard InChI is InChI=1S/C19H27ClN4O2S/c1-5-24-16(4)17(12-21-24)13-22-6-8-23(9-7-22)27(25,26)19-11-14(2)18(20)10-15(19)3/h10-12H,5-9,13H2,1-4H3. The van der Waals surface area contributed by atoms with Crippen molar-refractivity contribution in [1.82, 2.24) is 19.0 Å². The molecule has 6 nitrogen and oxygen atoms in total. The highest BCUT2D eigenvalue weighted by Crippen LogP contribution is 2.27. The highest BCUT2D eigenvalue weighted by molar-refractivity contribution is 7.89. The molecule has 0 spiro atoms. The van der Waals surface area contributed by atoms with Crippen molar-refractivity contribution < 1.29 is 8.42 Å². The third-order valence-electron chi connectivity index (χ3n) is 5.30. The first-order chi connectivity index (χ1) is 12.7. The summed E-state index contributed by atoms with van der Waals surface area (Å²) in [6.45, 7) is 11.8. The number of piperazine rings is 1. The summed E-state index contributed by atoms with van der Waals surface area (Å²) in [4.78, 5) is 2.65. The molecular formula is C19H27ClN4O2S. The summed E-state index contributed by atoms with van der Waals surface area (Å²) in [6.07, 6.45) is 1.92. The number of aromatic nitrogens is 2. The van der Waals surface area contributed by atoms with Crippen LogP contribution in [0.4, 0.5) is 0 Å². The molecule has 3 rings (SSSR count). The van der Waals surface area contributed by atoms with E-state index in [1.165, 1.54) is 11.3 Å². The van der Waals surface area contributed by atoms with Crippen molar-refractivity contribution in [1.29, 1.82) is 0 Å². The van der Waals surface area contributed by atoms with Gasteiger partial charge in [0.05, 0.1) is 11.1 Å². The Hall–Kier alpha value is -1.41. The van der Waals surface area contributed by atoms with Gasteiger partial charge in [-0.05, 0) is 51.0 Å². The maximum Gasteiger partial charge on any atom is 0.243 e. The van der Waals surface area contributed by atoms with Gasteiger partial charge < -0.3 is 0 Å². The monoisotopic (exact) mass is 410 g/mol. The summed E-state index contributed by atoms with van der Waals surface area (Å²) in [5.41, 5.74) is 3.86. The number of hydrogen-bond donors (Lipinski definition) is 0. The molecule has 1 aromatic carbocycles. The maximum atomic E-state index is 13.1. The SMILES string of the molecule is CCn1ncc(CN2CCN(S(=O)(=O)c3cc(C)c(Cl)cc3C)CC2)c1C. The van der Waals surface area contributed by atoms with Gasteiger partial charge in [0, 0.05) is 55.5 Å². The normalized spacial score (nSPS) is 16.8. The predicted molar refractivity (Wildman–Crippen MR) is 108 cm³/mol. The largest absolute Gasteiger partial charge is 0.296 e. The second-order valence-electron chi connectivity index (χ2n) is 7.12. The van der Waals surface area contributed by atoms with Crippen molar-refractivity contribution in [2.24, 2.45) is 0 Å². The Labute approximate surface area is 166 Å². The highest BCUT2D eigenvalue weighted by atomic mass is 35.5. The van der Waals surface area contributed by atoms with Crippen molar-refractivity contribution >= 4 is 21.6 Å². The third-order valence-corrected chi connectivity index (χ3v) is 7.75. The summed E-state index contributed by atoms with van der Waals surface area (Å²) in [6, 6.07) is 3.41. The molecule has 27 heavy (non-hydrogen) atoms. The molecule has 8 heteroatoms. The number of sulfonamides is 1. The predicted octanol–water partition coefficient (Wildman–Crippen LogP) is 2.99. The van der Waals surface area contributed by atoms with Crippen LogP contribution in [0.15, 0.2) is 23.2 Å². The number of rotatable bonds is 5. The highest BCUT2D eigenvalue weighted by Gasteiger charge is 2.30. The number of benzene rings is 1. The van der Waals surface area contributed by atoms with E-state index in [2.05, 4.69) is 23.8 Å². The molecule has 1 aliphatic heterocycles. The second-order valence-corrected chi connectivity index (χ2v) is 9.43. The number of halogens is 1. The van der Waals surface area contributed by atoms with Crippen molar-refractivity contribution in [2.45, 2.75) is 45.7 Å². The van der Waals surface area contributed by atoms with Gasteiger partial charge in [-0.3, -0.25) is 9.58 Å². The quantitative estimate of drug-likeness (QED) is 0.760. The fourth-order valence-corrected chi connectivity index (χ4v) is 5.43. The van der Waals surface area contributed by atoms with Crippen LogP contribution in [0.2, 0.25) is 5.02 Å². The Bertz CT molecular complexity index is 931. The van der Waals surface area contributed by atoms with Gasteiger partial charge in [0.15, 0.2) is 0 Å². The first kappa shape index (κ1) is 20.3. The van der Waals surface area contributed by atoms with Crippen LogP contribution < -0.4 is 0 Å². The van der Waals surface area contributed by atoms with Crippen LogP contribution in [0.5, 0.6) is 0 Å². The van der Waals surface area contributed by atoms with E-state index < -0.39 is 10.0 Å². The molecule has 0 atom stereocenters. The zero-order valence-corrected chi connectivity index (χ0v) is 17.9. The van der Waals surface area contributed by atoms with Crippen LogP contribution in [0.1, 0.15) is 29.3 Å². The van der Waals surface area contributed by atoms with E-state index in [0.29, 0.717) is 41.7 Å². The Morgan fingerprint density at radius 1 is 1.07 bits per heavy atom. The molecule has 1 aliphatic rings. The molecule has 1 saturated heterocycles. The molecule has 2 heterocycles. The number of aryl methyl sites for hydroxylation is 3. The van der Waals surface area contributed by atoms with E-state index in [9.17, 15) is 8.42 Å². The van der Waals surface area contributed by atoms with Crippen molar-refractivity contribution in [3.8, 4) is 0 Å². The van der Waals surface area contributed by atoms with Crippen molar-refractivity contribution in [3.05, 3.63) is 45.7 Å². The number of hydrogen-bond acceptors (Lipinski definition) is 4. The van der Waals surface area contributed by atoms with Crippen LogP contribution in [0.25, 0.3) is 0 Å². The van der Waals surface area contributed by atoms with Gasteiger partial charge in [0.25, 0.3) is 0 Å². The van der Waals surface area contributed by atoms with E-state index >= 15 is 0 Å². The summed E-state index contributed by atoms with van der Waals surface area (Å²) in [5, 5.41) is 4.99. The van der Waals surface area contributed by atoms with Crippen LogP contribution in [-0.2, 0) is 23.1 Å². The summed E-state index contributed by atoms with van der Waals surface area (Å²) < 4.78 is 29.7. The van der Waals surface area contributed by atoms with Gasteiger partial charge in [-0.1, -0.05) is 11.6 Å². The van der Waals surface area contributed by atoms with Crippen LogP contribution in [-0.4, -0.2) is 53.6 Å². The van der Waals surface area contributed by atoms with Crippen molar-refractivity contribution in [3.63, 3.8) is 0 Å². The fraction of sp³-hybridized carbons (Fsp3) is 0.526. The lowest BCUT2D eigenvalue weighted by atomic mass is 10.2. The van der Waals surface area contributed by atoms with Gasteiger partial charge in [-0.2, -0.15) is 9.40 Å². The van der Waals surface area contributed by atoms with E-state index in [1.807, 2.05) is 17.8 Å². The van der Waals surface area contributed by atoms with E-state index in [1.54, 1.807) is 23.4 Å². The van der Waals surface area contributed by atoms with E-state index in [0.717, 1.165) is 18.7 Å². The Balaban J connectivity index is 1.69. The lowest BCUT2D eigenvalue weighted by Crippen LogP contribution is -2.48. The van der Waals surface area contributed by atoms with Gasteiger partial charge in [0.1, 0.15) is 0 Å². The lowest BCUT2D eigenvalue weighted by Gasteiger charge is -2.34. The first-order valence-electron chi connectivity index (χ1n) is 9.24. The van der Waals surface area contributed by atoms with Crippen LogP contribution in [0, 0.1) is 20.8 Å². The molecule has 0 amide bonds. The topological polar surface area (TPSA) is 58.4 Å². The molecule has 2 aromatic rings. The molecule has 0 saturated carbocycles. The smallest absolute Gasteiger partial charge is 0.243 e. The molecule has 1 fully saturated rings. The molecule has 0 unspecified atom stereocenters. The van der Waals surface area contributed by atoms with Crippen LogP contribution >= 0.6 is 11.6 Å². The second kappa shape index (κ2) is 7.91. The lowest BCUT2D eigenvalue weighted by molar-refractivity contribution is 0.181. The zero-order valence-electron chi connectivity index (χ0n) is 16.4. The first-order valence-corrected chi connectivity index (χ1v) is 11.1. The minimum Gasteiger partial charge on any atom is -0.296 e. The minimum atomic E-state index is -3.50. The number of nitrogens with zero attached hydrogens (tertiary/aromatic N) is 4.